The van der Waals surface area contributed by atoms with Crippen molar-refractivity contribution in [2.45, 2.75) is 57.9 Å². The number of hydrogen-bond donors (Lipinski definition) is 3. The standard InChI is InChI=1S/C17H23F3N2O4/c1-16(2,3)26-15(25)22-21-13(8-5-9-14(23)24)11-6-4-7-12(10-11)17(18,19)20/h4,6-7,10,13,21H,5,8-9H2,1-3H3,(H,22,25)(H,23,24). The maximum absolute atomic E-state index is 12.9. The number of benzene rings is 1. The van der Waals surface area contributed by atoms with E-state index in [0.717, 1.165) is 12.1 Å². The van der Waals surface area contributed by atoms with E-state index in [1.54, 1.807) is 20.8 Å². The number of hydrogen-bond acceptors (Lipinski definition) is 4. The number of alkyl halides is 3. The second-order valence-corrected chi connectivity index (χ2v) is 6.73. The number of carbonyl (C=O) groups excluding carboxylic acids is 1. The van der Waals surface area contributed by atoms with E-state index < -0.39 is 35.4 Å². The topological polar surface area (TPSA) is 87.7 Å². The highest BCUT2D eigenvalue weighted by atomic mass is 19.4. The zero-order valence-electron chi connectivity index (χ0n) is 14.8. The zero-order chi connectivity index (χ0) is 20.0. The first-order chi connectivity index (χ1) is 11.9. The Kier molecular flexibility index (Phi) is 7.43. The molecule has 0 aliphatic rings. The summed E-state index contributed by atoms with van der Waals surface area (Å²) < 4.78 is 43.8. The highest BCUT2D eigenvalue weighted by molar-refractivity contribution is 5.67. The highest BCUT2D eigenvalue weighted by Gasteiger charge is 2.31. The molecule has 3 N–H and O–H groups in total. The summed E-state index contributed by atoms with van der Waals surface area (Å²) in [4.78, 5) is 22.4. The lowest BCUT2D eigenvalue weighted by molar-refractivity contribution is -0.138. The normalized spacial score (nSPS) is 13.2. The van der Waals surface area contributed by atoms with E-state index in [9.17, 15) is 22.8 Å². The van der Waals surface area contributed by atoms with Crippen LogP contribution in [0.1, 0.15) is 57.2 Å². The lowest BCUT2D eigenvalue weighted by Crippen LogP contribution is -2.43. The summed E-state index contributed by atoms with van der Waals surface area (Å²) in [5.41, 5.74) is 3.64. The fourth-order valence-corrected chi connectivity index (χ4v) is 2.16. The molecule has 26 heavy (non-hydrogen) atoms. The van der Waals surface area contributed by atoms with Crippen LogP contribution in [0.4, 0.5) is 18.0 Å². The van der Waals surface area contributed by atoms with Gasteiger partial charge in [0.25, 0.3) is 0 Å². The summed E-state index contributed by atoms with van der Waals surface area (Å²) in [5, 5.41) is 8.73. The summed E-state index contributed by atoms with van der Waals surface area (Å²) in [7, 11) is 0. The molecule has 0 bridgehead atoms. The Hall–Kier alpha value is -2.29. The molecule has 0 heterocycles. The number of aliphatic carboxylic acids is 1. The third kappa shape index (κ3) is 8.19. The first kappa shape index (κ1) is 21.8. The average molecular weight is 376 g/mol. The van der Waals surface area contributed by atoms with Gasteiger partial charge in [0.2, 0.25) is 0 Å². The summed E-state index contributed by atoms with van der Waals surface area (Å²) in [6.45, 7) is 5.01. The van der Waals surface area contributed by atoms with Crippen LogP contribution in [-0.2, 0) is 15.7 Å². The largest absolute Gasteiger partial charge is 0.481 e. The van der Waals surface area contributed by atoms with Crippen LogP contribution in [0.25, 0.3) is 0 Å². The van der Waals surface area contributed by atoms with Gasteiger partial charge in [0.1, 0.15) is 5.60 Å². The van der Waals surface area contributed by atoms with Crippen molar-refractivity contribution in [2.75, 3.05) is 0 Å². The Morgan fingerprint density at radius 3 is 2.42 bits per heavy atom. The molecule has 1 atom stereocenters. The Morgan fingerprint density at radius 2 is 1.88 bits per heavy atom. The number of carboxylic acid groups (broad SMARTS) is 1. The van der Waals surface area contributed by atoms with E-state index in [2.05, 4.69) is 10.9 Å². The summed E-state index contributed by atoms with van der Waals surface area (Å²) in [5.74, 6) is -1.01. The highest BCUT2D eigenvalue weighted by Crippen LogP contribution is 2.31. The van der Waals surface area contributed by atoms with Crippen LogP contribution < -0.4 is 10.9 Å². The molecule has 0 aliphatic heterocycles. The lowest BCUT2D eigenvalue weighted by atomic mass is 9.99. The summed E-state index contributed by atoms with van der Waals surface area (Å²) in [6, 6.07) is 3.94. The third-order valence-electron chi connectivity index (χ3n) is 3.25. The molecule has 1 aromatic rings. The van der Waals surface area contributed by atoms with Crippen LogP contribution >= 0.6 is 0 Å². The maximum Gasteiger partial charge on any atom is 0.422 e. The number of hydrazine groups is 1. The van der Waals surface area contributed by atoms with E-state index >= 15 is 0 Å². The van der Waals surface area contributed by atoms with Crippen molar-refractivity contribution in [1.82, 2.24) is 10.9 Å². The number of carbonyl (C=O) groups is 2. The van der Waals surface area contributed by atoms with E-state index in [4.69, 9.17) is 9.84 Å². The Labute approximate surface area is 149 Å². The maximum atomic E-state index is 12.9. The van der Waals surface area contributed by atoms with E-state index in [0.29, 0.717) is 0 Å². The van der Waals surface area contributed by atoms with Gasteiger partial charge in [-0.05, 0) is 51.3 Å². The minimum atomic E-state index is -4.50. The van der Waals surface area contributed by atoms with Crippen molar-refractivity contribution in [2.24, 2.45) is 0 Å². The van der Waals surface area contributed by atoms with E-state index in [-0.39, 0.29) is 24.8 Å². The third-order valence-corrected chi connectivity index (χ3v) is 3.25. The SMILES string of the molecule is CC(C)(C)OC(=O)NNC(CCCC(=O)O)c1cccc(C(F)(F)F)c1. The summed E-state index contributed by atoms with van der Waals surface area (Å²) in [6.07, 6.45) is -4.99. The Balaban J connectivity index is 2.87. The molecule has 0 fully saturated rings. The number of carboxylic acids is 1. The molecule has 0 saturated carbocycles. The first-order valence-electron chi connectivity index (χ1n) is 8.02. The van der Waals surface area contributed by atoms with Gasteiger partial charge in [0.15, 0.2) is 0 Å². The van der Waals surface area contributed by atoms with E-state index in [1.807, 2.05) is 0 Å². The van der Waals surface area contributed by atoms with Crippen molar-refractivity contribution < 1.29 is 32.6 Å². The van der Waals surface area contributed by atoms with Gasteiger partial charge < -0.3 is 9.84 Å². The van der Waals surface area contributed by atoms with Gasteiger partial charge in [-0.1, -0.05) is 12.1 Å². The molecule has 146 valence electrons. The van der Waals surface area contributed by atoms with Crippen molar-refractivity contribution in [3.63, 3.8) is 0 Å². The number of ether oxygens (including phenoxy) is 1. The first-order valence-corrected chi connectivity index (χ1v) is 8.02. The van der Waals surface area contributed by atoms with Gasteiger partial charge in [-0.3, -0.25) is 10.2 Å². The second-order valence-electron chi connectivity index (χ2n) is 6.73. The zero-order valence-corrected chi connectivity index (χ0v) is 14.8. The van der Waals surface area contributed by atoms with Crippen molar-refractivity contribution >= 4 is 12.1 Å². The molecular weight excluding hydrogens is 353 g/mol. The predicted octanol–water partition coefficient (Wildman–Crippen LogP) is 4.03. The molecule has 1 rings (SSSR count). The van der Waals surface area contributed by atoms with Crippen LogP contribution in [0.15, 0.2) is 24.3 Å². The molecule has 9 heteroatoms. The fraction of sp³-hybridized carbons (Fsp3) is 0.529. The van der Waals surface area contributed by atoms with Crippen LogP contribution in [0.5, 0.6) is 0 Å². The molecule has 0 saturated heterocycles. The van der Waals surface area contributed by atoms with Crippen molar-refractivity contribution in [1.29, 1.82) is 0 Å². The predicted molar refractivity (Wildman–Crippen MR) is 88.2 cm³/mol. The molecule has 0 aromatic heterocycles. The van der Waals surface area contributed by atoms with Gasteiger partial charge in [0, 0.05) is 6.42 Å². The van der Waals surface area contributed by atoms with Gasteiger partial charge in [-0.25, -0.2) is 10.2 Å². The second kappa shape index (κ2) is 8.88. The Bertz CT molecular complexity index is 627. The number of halogens is 3. The quantitative estimate of drug-likeness (QED) is 0.626. The number of rotatable bonds is 7. The van der Waals surface area contributed by atoms with Crippen LogP contribution in [-0.4, -0.2) is 22.8 Å². The molecule has 1 unspecified atom stereocenters. The van der Waals surface area contributed by atoms with Crippen LogP contribution in [0.2, 0.25) is 0 Å². The molecule has 6 nitrogen and oxygen atoms in total. The molecule has 1 aromatic carbocycles. The van der Waals surface area contributed by atoms with Gasteiger partial charge >= 0.3 is 18.2 Å². The van der Waals surface area contributed by atoms with Crippen LogP contribution in [0.3, 0.4) is 0 Å². The monoisotopic (exact) mass is 376 g/mol. The van der Waals surface area contributed by atoms with Crippen LogP contribution in [0, 0.1) is 0 Å². The minimum absolute atomic E-state index is 0.135. The van der Waals surface area contributed by atoms with Gasteiger partial charge in [-0.15, -0.1) is 0 Å². The molecule has 0 radical (unpaired) electrons. The van der Waals surface area contributed by atoms with Crippen molar-refractivity contribution in [3.05, 3.63) is 35.4 Å². The van der Waals surface area contributed by atoms with Crippen molar-refractivity contribution in [3.8, 4) is 0 Å². The molecular formula is C17H23F3N2O4. The lowest BCUT2D eigenvalue weighted by Gasteiger charge is -2.23. The van der Waals surface area contributed by atoms with Gasteiger partial charge in [0.05, 0.1) is 11.6 Å². The number of amides is 1. The molecule has 0 spiro atoms. The molecule has 0 aliphatic carbocycles. The molecule has 1 amide bonds. The minimum Gasteiger partial charge on any atom is -0.481 e. The number of nitrogens with one attached hydrogen (secondary N) is 2. The smallest absolute Gasteiger partial charge is 0.422 e. The fourth-order valence-electron chi connectivity index (χ4n) is 2.16. The average Bonchev–Trinajstić information content (AvgIpc) is 2.48. The summed E-state index contributed by atoms with van der Waals surface area (Å²) >= 11 is 0. The van der Waals surface area contributed by atoms with Gasteiger partial charge in [-0.2, -0.15) is 13.2 Å². The Morgan fingerprint density at radius 1 is 1.23 bits per heavy atom. The van der Waals surface area contributed by atoms with E-state index in [1.165, 1.54) is 12.1 Å².